The Morgan fingerprint density at radius 1 is 1.08 bits per heavy atom. The normalized spacial score (nSPS) is 11.9. The second-order valence-corrected chi connectivity index (χ2v) is 7.23. The van der Waals surface area contributed by atoms with Crippen LogP contribution in [0.5, 0.6) is 0 Å². The van der Waals surface area contributed by atoms with E-state index in [1.807, 2.05) is 26.0 Å². The van der Waals surface area contributed by atoms with Gasteiger partial charge in [0.25, 0.3) is 10.0 Å². The van der Waals surface area contributed by atoms with Crippen molar-refractivity contribution in [2.24, 2.45) is 0 Å². The molecule has 0 aliphatic heterocycles. The minimum absolute atomic E-state index is 0.126. The van der Waals surface area contributed by atoms with E-state index in [9.17, 15) is 13.2 Å². The summed E-state index contributed by atoms with van der Waals surface area (Å²) in [7, 11) is -3.83. The fourth-order valence-corrected chi connectivity index (χ4v) is 3.33. The summed E-state index contributed by atoms with van der Waals surface area (Å²) in [6.45, 7) is 5.62. The van der Waals surface area contributed by atoms with E-state index in [2.05, 4.69) is 4.72 Å². The lowest BCUT2D eigenvalue weighted by atomic mass is 10.1. The molecule has 0 aliphatic carbocycles. The van der Waals surface area contributed by atoms with Crippen LogP contribution < -0.4 is 4.72 Å². The number of benzene rings is 2. The zero-order valence-electron chi connectivity index (χ0n) is 14.4. The Morgan fingerprint density at radius 3 is 2.32 bits per heavy atom. The Bertz CT molecular complexity index is 884. The van der Waals surface area contributed by atoms with Crippen molar-refractivity contribution in [2.45, 2.75) is 25.7 Å². The van der Waals surface area contributed by atoms with Crippen molar-refractivity contribution < 1.29 is 17.9 Å². The van der Waals surface area contributed by atoms with E-state index in [0.717, 1.165) is 17.2 Å². The molecule has 0 aliphatic rings. The molecule has 0 atom stereocenters. The lowest BCUT2D eigenvalue weighted by Crippen LogP contribution is -2.23. The average molecular weight is 359 g/mol. The number of hydrogen-bond acceptors (Lipinski definition) is 4. The van der Waals surface area contributed by atoms with E-state index >= 15 is 0 Å². The third kappa shape index (κ3) is 4.93. The zero-order chi connectivity index (χ0) is 18.4. The van der Waals surface area contributed by atoms with Crippen LogP contribution in [0.25, 0.3) is 5.70 Å². The third-order valence-corrected chi connectivity index (χ3v) is 4.94. The second kappa shape index (κ2) is 7.98. The largest absolute Gasteiger partial charge is 0.463 e. The predicted octanol–water partition coefficient (Wildman–Crippen LogP) is 3.19. The number of sulfonamides is 1. The molecule has 0 heterocycles. The zero-order valence-corrected chi connectivity index (χ0v) is 15.3. The SMILES string of the molecule is CCOC(=O)/C=C(\NS(=O)(=O)c1ccc(C)cc1)c1ccccc1C. The van der Waals surface area contributed by atoms with Gasteiger partial charge in [0.1, 0.15) is 0 Å². The van der Waals surface area contributed by atoms with Gasteiger partial charge in [-0.05, 0) is 38.5 Å². The summed E-state index contributed by atoms with van der Waals surface area (Å²) in [4.78, 5) is 12.0. The van der Waals surface area contributed by atoms with E-state index in [0.29, 0.717) is 5.56 Å². The van der Waals surface area contributed by atoms with Crippen LogP contribution in [0.2, 0.25) is 0 Å². The number of carbonyl (C=O) groups excluding carboxylic acids is 1. The first-order chi connectivity index (χ1) is 11.8. The molecule has 5 nitrogen and oxygen atoms in total. The van der Waals surface area contributed by atoms with Crippen LogP contribution >= 0.6 is 0 Å². The maximum Gasteiger partial charge on any atom is 0.332 e. The standard InChI is InChI=1S/C19H21NO4S/c1-4-24-19(21)13-18(17-8-6-5-7-15(17)3)20-25(22,23)16-11-9-14(2)10-12-16/h5-13,20H,4H2,1-3H3/b18-13-. The first kappa shape index (κ1) is 18.7. The molecule has 6 heteroatoms. The van der Waals surface area contributed by atoms with Crippen LogP contribution in [0, 0.1) is 13.8 Å². The van der Waals surface area contributed by atoms with E-state index in [1.165, 1.54) is 12.1 Å². The van der Waals surface area contributed by atoms with Crippen molar-refractivity contribution in [1.29, 1.82) is 0 Å². The van der Waals surface area contributed by atoms with Crippen LogP contribution in [0.15, 0.2) is 59.5 Å². The number of ether oxygens (including phenoxy) is 1. The van der Waals surface area contributed by atoms with Crippen molar-refractivity contribution in [3.63, 3.8) is 0 Å². The molecule has 2 rings (SSSR count). The molecular formula is C19H21NO4S. The molecular weight excluding hydrogens is 338 g/mol. The third-order valence-electron chi connectivity index (χ3n) is 3.56. The molecule has 1 N–H and O–H groups in total. The predicted molar refractivity (Wildman–Crippen MR) is 97.3 cm³/mol. The van der Waals surface area contributed by atoms with Gasteiger partial charge in [-0.1, -0.05) is 42.0 Å². The van der Waals surface area contributed by atoms with Crippen LogP contribution in [0.1, 0.15) is 23.6 Å². The van der Waals surface area contributed by atoms with Gasteiger partial charge in [-0.2, -0.15) is 0 Å². The van der Waals surface area contributed by atoms with Gasteiger partial charge in [-0.25, -0.2) is 13.2 Å². The Labute approximate surface area is 148 Å². The van der Waals surface area contributed by atoms with Crippen molar-refractivity contribution in [3.05, 3.63) is 71.3 Å². The highest BCUT2D eigenvalue weighted by atomic mass is 32.2. The molecule has 25 heavy (non-hydrogen) atoms. The van der Waals surface area contributed by atoms with E-state index in [4.69, 9.17) is 4.74 Å². The van der Waals surface area contributed by atoms with Crippen molar-refractivity contribution in [2.75, 3.05) is 6.61 Å². The van der Waals surface area contributed by atoms with Gasteiger partial charge in [0, 0.05) is 11.6 Å². The molecule has 0 saturated carbocycles. The maximum absolute atomic E-state index is 12.7. The van der Waals surface area contributed by atoms with Crippen LogP contribution in [-0.2, 0) is 19.6 Å². The van der Waals surface area contributed by atoms with Gasteiger partial charge in [0.15, 0.2) is 0 Å². The van der Waals surface area contributed by atoms with Gasteiger partial charge >= 0.3 is 5.97 Å². The minimum atomic E-state index is -3.83. The molecule has 2 aromatic rings. The Hall–Kier alpha value is -2.60. The summed E-state index contributed by atoms with van der Waals surface area (Å²) in [5, 5.41) is 0. The van der Waals surface area contributed by atoms with Crippen molar-refractivity contribution in [3.8, 4) is 0 Å². The lowest BCUT2D eigenvalue weighted by Gasteiger charge is -2.14. The Balaban J connectivity index is 2.44. The number of hydrogen-bond donors (Lipinski definition) is 1. The number of nitrogens with one attached hydrogen (secondary N) is 1. The summed E-state index contributed by atoms with van der Waals surface area (Å²) in [6.07, 6.45) is 1.16. The average Bonchev–Trinajstić information content (AvgIpc) is 2.55. The fraction of sp³-hybridized carbons (Fsp3) is 0.211. The van der Waals surface area contributed by atoms with Crippen LogP contribution in [0.3, 0.4) is 0 Å². The lowest BCUT2D eigenvalue weighted by molar-refractivity contribution is -0.137. The van der Waals surface area contributed by atoms with Gasteiger partial charge in [-0.15, -0.1) is 0 Å². The van der Waals surface area contributed by atoms with Gasteiger partial charge in [-0.3, -0.25) is 4.72 Å². The summed E-state index contributed by atoms with van der Waals surface area (Å²) < 4.78 is 32.8. The molecule has 2 aromatic carbocycles. The van der Waals surface area contributed by atoms with Gasteiger partial charge < -0.3 is 4.74 Å². The first-order valence-electron chi connectivity index (χ1n) is 7.87. The number of esters is 1. The molecule has 0 amide bonds. The highest BCUT2D eigenvalue weighted by molar-refractivity contribution is 7.89. The van der Waals surface area contributed by atoms with Crippen LogP contribution in [-0.4, -0.2) is 21.0 Å². The molecule has 0 fully saturated rings. The molecule has 0 saturated heterocycles. The first-order valence-corrected chi connectivity index (χ1v) is 9.35. The van der Waals surface area contributed by atoms with E-state index in [-0.39, 0.29) is 17.2 Å². The summed E-state index contributed by atoms with van der Waals surface area (Å²) in [6, 6.07) is 13.7. The highest BCUT2D eigenvalue weighted by Gasteiger charge is 2.18. The number of carbonyl (C=O) groups is 1. The Morgan fingerprint density at radius 2 is 1.72 bits per heavy atom. The summed E-state index contributed by atoms with van der Waals surface area (Å²) in [5.74, 6) is -0.604. The van der Waals surface area contributed by atoms with Crippen LogP contribution in [0.4, 0.5) is 0 Å². The van der Waals surface area contributed by atoms with Crippen molar-refractivity contribution >= 4 is 21.7 Å². The maximum atomic E-state index is 12.7. The monoisotopic (exact) mass is 359 g/mol. The minimum Gasteiger partial charge on any atom is -0.463 e. The Kier molecular flexibility index (Phi) is 5.98. The van der Waals surface area contributed by atoms with Gasteiger partial charge in [0.2, 0.25) is 0 Å². The summed E-state index contributed by atoms with van der Waals surface area (Å²) in [5.41, 5.74) is 2.59. The number of rotatable bonds is 6. The number of aryl methyl sites for hydroxylation is 2. The quantitative estimate of drug-likeness (QED) is 0.635. The highest BCUT2D eigenvalue weighted by Crippen LogP contribution is 2.20. The molecule has 0 unspecified atom stereocenters. The van der Waals surface area contributed by atoms with E-state index < -0.39 is 16.0 Å². The second-order valence-electron chi connectivity index (χ2n) is 5.54. The summed E-state index contributed by atoms with van der Waals surface area (Å²) >= 11 is 0. The smallest absolute Gasteiger partial charge is 0.332 e. The molecule has 132 valence electrons. The van der Waals surface area contributed by atoms with Crippen molar-refractivity contribution in [1.82, 2.24) is 4.72 Å². The molecule has 0 bridgehead atoms. The van der Waals surface area contributed by atoms with E-state index in [1.54, 1.807) is 31.2 Å². The van der Waals surface area contributed by atoms with Gasteiger partial charge in [0.05, 0.1) is 17.2 Å². The molecule has 0 radical (unpaired) electrons. The topological polar surface area (TPSA) is 72.5 Å². The fourth-order valence-electron chi connectivity index (χ4n) is 2.26. The molecule has 0 spiro atoms. The molecule has 0 aromatic heterocycles.